The number of ether oxygens (including phenoxy) is 1. The van der Waals surface area contributed by atoms with Crippen molar-refractivity contribution in [2.45, 2.75) is 50.5 Å². The first-order valence-corrected chi connectivity index (χ1v) is 9.74. The van der Waals surface area contributed by atoms with Crippen molar-refractivity contribution in [2.75, 3.05) is 50.8 Å². The molecule has 3 aliphatic rings. The van der Waals surface area contributed by atoms with Gasteiger partial charge in [-0.3, -0.25) is 0 Å². The molecule has 3 heterocycles. The second kappa shape index (κ2) is 7.17. The minimum atomic E-state index is -0.857. The fourth-order valence-electron chi connectivity index (χ4n) is 4.17. The van der Waals surface area contributed by atoms with Gasteiger partial charge >= 0.3 is 0 Å². The quantitative estimate of drug-likeness (QED) is 0.896. The molecule has 3 fully saturated rings. The summed E-state index contributed by atoms with van der Waals surface area (Å²) in [7, 11) is 0. The normalized spacial score (nSPS) is 28.8. The second-order valence-electron chi connectivity index (χ2n) is 8.04. The van der Waals surface area contributed by atoms with E-state index in [1.165, 1.54) is 37.8 Å². The molecule has 25 heavy (non-hydrogen) atoms. The van der Waals surface area contributed by atoms with Gasteiger partial charge in [-0.25, -0.2) is 9.97 Å². The molecule has 1 N–H and O–H groups in total. The molecule has 0 aromatic carbocycles. The summed E-state index contributed by atoms with van der Waals surface area (Å²) in [6.07, 6.45) is 6.23. The van der Waals surface area contributed by atoms with Crippen LogP contribution in [-0.2, 0) is 4.74 Å². The maximum absolute atomic E-state index is 11.2. The van der Waals surface area contributed by atoms with Gasteiger partial charge in [-0.1, -0.05) is 6.42 Å². The van der Waals surface area contributed by atoms with Crippen molar-refractivity contribution < 1.29 is 9.84 Å². The third kappa shape index (κ3) is 3.96. The third-order valence-corrected chi connectivity index (χ3v) is 5.75. The van der Waals surface area contributed by atoms with Crippen molar-refractivity contribution in [3.8, 4) is 0 Å². The van der Waals surface area contributed by atoms with E-state index in [0.29, 0.717) is 32.2 Å². The molecule has 0 spiro atoms. The largest absolute Gasteiger partial charge is 0.384 e. The molecule has 1 aliphatic carbocycles. The van der Waals surface area contributed by atoms with Crippen molar-refractivity contribution in [3.63, 3.8) is 0 Å². The molecule has 1 aromatic rings. The van der Waals surface area contributed by atoms with E-state index in [1.807, 2.05) is 6.92 Å². The zero-order chi connectivity index (χ0) is 17.3. The average molecular weight is 346 g/mol. The Kier molecular flexibility index (Phi) is 4.93. The van der Waals surface area contributed by atoms with Crippen molar-refractivity contribution in [1.29, 1.82) is 0 Å². The molecule has 2 saturated heterocycles. The van der Waals surface area contributed by atoms with Gasteiger partial charge in [0.2, 0.25) is 5.95 Å². The monoisotopic (exact) mass is 346 g/mol. The van der Waals surface area contributed by atoms with Gasteiger partial charge < -0.3 is 19.6 Å². The number of nitrogens with zero attached hydrogens (tertiary/aromatic N) is 4. The smallest absolute Gasteiger partial charge is 0.225 e. The van der Waals surface area contributed by atoms with Crippen LogP contribution in [0, 0.1) is 6.92 Å². The summed E-state index contributed by atoms with van der Waals surface area (Å²) in [5, 5.41) is 11.2. The highest BCUT2D eigenvalue weighted by atomic mass is 16.5. The number of anilines is 1. The molecule has 1 aromatic heterocycles. The van der Waals surface area contributed by atoms with Gasteiger partial charge in [0.25, 0.3) is 0 Å². The minimum Gasteiger partial charge on any atom is -0.384 e. The number of aromatic nitrogens is 2. The lowest BCUT2D eigenvalue weighted by Gasteiger charge is -2.34. The predicted molar refractivity (Wildman–Crippen MR) is 97.0 cm³/mol. The number of rotatable bonds is 4. The molecule has 6 nitrogen and oxygen atoms in total. The number of aryl methyl sites for hydroxylation is 1. The lowest BCUT2D eigenvalue weighted by Crippen LogP contribution is -2.52. The van der Waals surface area contributed by atoms with Crippen LogP contribution in [-0.4, -0.2) is 71.5 Å². The standard InChI is InChI=1S/C19H30N4O2/c1-15-11-17(16-5-4-6-16)21-18(20-15)23-9-10-25-14-19(24,13-23)12-22-7-2-3-8-22/h11,16,24H,2-10,12-14H2,1H3. The van der Waals surface area contributed by atoms with Crippen LogP contribution in [0.2, 0.25) is 0 Å². The summed E-state index contributed by atoms with van der Waals surface area (Å²) in [6.45, 7) is 7.14. The molecular formula is C19H30N4O2. The maximum Gasteiger partial charge on any atom is 0.225 e. The Bertz CT molecular complexity index is 601. The van der Waals surface area contributed by atoms with Crippen molar-refractivity contribution in [1.82, 2.24) is 14.9 Å². The van der Waals surface area contributed by atoms with Gasteiger partial charge in [0.15, 0.2) is 0 Å². The average Bonchev–Trinajstić information content (AvgIpc) is 2.92. The molecule has 1 atom stereocenters. The van der Waals surface area contributed by atoms with Crippen LogP contribution in [0.25, 0.3) is 0 Å². The van der Waals surface area contributed by atoms with Crippen molar-refractivity contribution >= 4 is 5.95 Å². The summed E-state index contributed by atoms with van der Waals surface area (Å²) in [6, 6.07) is 2.12. The van der Waals surface area contributed by atoms with Crippen LogP contribution >= 0.6 is 0 Å². The molecule has 138 valence electrons. The van der Waals surface area contributed by atoms with Crippen LogP contribution in [0.15, 0.2) is 6.07 Å². The molecule has 0 radical (unpaired) electrons. The Hall–Kier alpha value is -1.24. The SMILES string of the molecule is Cc1cc(C2CCC2)nc(N2CCOCC(O)(CN3CCCC3)C2)n1. The van der Waals surface area contributed by atoms with E-state index in [2.05, 4.69) is 20.9 Å². The van der Waals surface area contributed by atoms with E-state index in [-0.39, 0.29) is 0 Å². The van der Waals surface area contributed by atoms with Gasteiger partial charge in [-0.15, -0.1) is 0 Å². The highest BCUT2D eigenvalue weighted by molar-refractivity contribution is 5.35. The molecule has 4 rings (SSSR count). The number of hydrogen-bond donors (Lipinski definition) is 1. The highest BCUT2D eigenvalue weighted by Crippen LogP contribution is 2.36. The lowest BCUT2D eigenvalue weighted by molar-refractivity contribution is -0.0439. The first-order valence-electron chi connectivity index (χ1n) is 9.74. The molecular weight excluding hydrogens is 316 g/mol. The molecule has 0 bridgehead atoms. The zero-order valence-electron chi connectivity index (χ0n) is 15.3. The first kappa shape index (κ1) is 17.2. The van der Waals surface area contributed by atoms with E-state index in [0.717, 1.165) is 31.3 Å². The summed E-state index contributed by atoms with van der Waals surface area (Å²) >= 11 is 0. The minimum absolute atomic E-state index is 0.390. The molecule has 1 saturated carbocycles. The molecule has 1 unspecified atom stereocenters. The van der Waals surface area contributed by atoms with Gasteiger partial charge in [0.05, 0.1) is 19.8 Å². The topological polar surface area (TPSA) is 61.7 Å². The van der Waals surface area contributed by atoms with Crippen LogP contribution in [0.4, 0.5) is 5.95 Å². The van der Waals surface area contributed by atoms with Crippen molar-refractivity contribution in [2.24, 2.45) is 0 Å². The Morgan fingerprint density at radius 1 is 1.20 bits per heavy atom. The molecule has 2 aliphatic heterocycles. The Labute approximate surface area is 150 Å². The third-order valence-electron chi connectivity index (χ3n) is 5.75. The van der Waals surface area contributed by atoms with Gasteiger partial charge in [0, 0.05) is 30.4 Å². The highest BCUT2D eigenvalue weighted by Gasteiger charge is 2.36. The molecule has 6 heteroatoms. The fourth-order valence-corrected chi connectivity index (χ4v) is 4.17. The number of β-amino-alcohol motifs (C(OH)–C–C–N with tert-alkyl or cyclic N) is 1. The number of likely N-dealkylation sites (tertiary alicyclic amines) is 1. The zero-order valence-corrected chi connectivity index (χ0v) is 15.3. The number of aliphatic hydroxyl groups is 1. The Morgan fingerprint density at radius 2 is 2.00 bits per heavy atom. The predicted octanol–water partition coefficient (Wildman–Crippen LogP) is 1.72. The van der Waals surface area contributed by atoms with E-state index in [9.17, 15) is 5.11 Å². The van der Waals surface area contributed by atoms with E-state index in [4.69, 9.17) is 9.72 Å². The first-order chi connectivity index (χ1) is 12.1. The van der Waals surface area contributed by atoms with Gasteiger partial charge in [-0.2, -0.15) is 0 Å². The maximum atomic E-state index is 11.2. The van der Waals surface area contributed by atoms with Crippen LogP contribution in [0.5, 0.6) is 0 Å². The fraction of sp³-hybridized carbons (Fsp3) is 0.789. The Balaban J connectivity index is 1.53. The summed E-state index contributed by atoms with van der Waals surface area (Å²) < 4.78 is 5.74. The van der Waals surface area contributed by atoms with Crippen LogP contribution in [0.1, 0.15) is 49.4 Å². The lowest BCUT2D eigenvalue weighted by atomic mass is 9.82. The molecule has 0 amide bonds. The van der Waals surface area contributed by atoms with Crippen LogP contribution < -0.4 is 4.90 Å². The second-order valence-corrected chi connectivity index (χ2v) is 8.04. The van der Waals surface area contributed by atoms with Crippen LogP contribution in [0.3, 0.4) is 0 Å². The van der Waals surface area contributed by atoms with E-state index in [1.54, 1.807) is 0 Å². The van der Waals surface area contributed by atoms with Crippen molar-refractivity contribution in [3.05, 3.63) is 17.5 Å². The summed E-state index contributed by atoms with van der Waals surface area (Å²) in [4.78, 5) is 14.0. The van der Waals surface area contributed by atoms with E-state index >= 15 is 0 Å². The summed E-state index contributed by atoms with van der Waals surface area (Å²) in [5.41, 5.74) is 1.33. The van der Waals surface area contributed by atoms with E-state index < -0.39 is 5.60 Å². The van der Waals surface area contributed by atoms with Gasteiger partial charge in [-0.05, 0) is 51.8 Å². The van der Waals surface area contributed by atoms with Gasteiger partial charge in [0.1, 0.15) is 5.60 Å². The Morgan fingerprint density at radius 3 is 2.72 bits per heavy atom. The number of hydrogen-bond acceptors (Lipinski definition) is 6. The summed E-state index contributed by atoms with van der Waals surface area (Å²) in [5.74, 6) is 1.35.